The summed E-state index contributed by atoms with van der Waals surface area (Å²) in [5.41, 5.74) is 2.71. The molecule has 0 heterocycles. The maximum atomic E-state index is 5.69. The van der Waals surface area contributed by atoms with Crippen LogP contribution in [0.25, 0.3) is 21.5 Å². The van der Waals surface area contributed by atoms with Crippen molar-refractivity contribution in [2.75, 3.05) is 14.2 Å². The van der Waals surface area contributed by atoms with Gasteiger partial charge in [-0.3, -0.25) is 0 Å². The molecule has 0 spiro atoms. The number of hydrogen-bond acceptors (Lipinski definition) is 2. The van der Waals surface area contributed by atoms with E-state index in [1.165, 1.54) is 32.7 Å². The lowest BCUT2D eigenvalue weighted by Gasteiger charge is -2.16. The van der Waals surface area contributed by atoms with Crippen LogP contribution in [0, 0.1) is 0 Å². The van der Waals surface area contributed by atoms with Gasteiger partial charge < -0.3 is 9.47 Å². The predicted octanol–water partition coefficient (Wildman–Crippen LogP) is 4.64. The Labute approximate surface area is 124 Å². The Kier molecular flexibility index (Phi) is 2.86. The third kappa shape index (κ3) is 1.76. The highest BCUT2D eigenvalue weighted by Crippen LogP contribution is 2.44. The van der Waals surface area contributed by atoms with Crippen molar-refractivity contribution in [2.45, 2.75) is 18.9 Å². The van der Waals surface area contributed by atoms with E-state index in [0.717, 1.165) is 18.6 Å². The minimum atomic E-state index is 0.203. The van der Waals surface area contributed by atoms with Gasteiger partial charge in [-0.15, -0.1) is 0 Å². The first-order chi connectivity index (χ1) is 10.3. The fourth-order valence-corrected chi connectivity index (χ4v) is 3.66. The van der Waals surface area contributed by atoms with Crippen LogP contribution in [-0.4, -0.2) is 14.2 Å². The lowest BCUT2D eigenvalue weighted by Crippen LogP contribution is -1.98. The van der Waals surface area contributed by atoms with Crippen LogP contribution in [0.4, 0.5) is 0 Å². The van der Waals surface area contributed by atoms with Crippen LogP contribution in [0.5, 0.6) is 5.75 Å². The zero-order chi connectivity index (χ0) is 14.4. The van der Waals surface area contributed by atoms with Crippen LogP contribution in [0.1, 0.15) is 23.7 Å². The molecule has 1 aliphatic carbocycles. The minimum Gasteiger partial charge on any atom is -0.496 e. The van der Waals surface area contributed by atoms with Gasteiger partial charge in [0.25, 0.3) is 0 Å². The van der Waals surface area contributed by atoms with E-state index in [0.29, 0.717) is 0 Å². The van der Waals surface area contributed by atoms with E-state index in [9.17, 15) is 0 Å². The van der Waals surface area contributed by atoms with E-state index in [4.69, 9.17) is 9.47 Å². The summed E-state index contributed by atoms with van der Waals surface area (Å²) >= 11 is 0. The number of aryl methyl sites for hydroxylation is 1. The molecule has 0 aromatic heterocycles. The zero-order valence-corrected chi connectivity index (χ0v) is 12.3. The molecule has 1 aliphatic rings. The second-order valence-corrected chi connectivity index (χ2v) is 5.62. The van der Waals surface area contributed by atoms with Crippen LogP contribution < -0.4 is 4.74 Å². The molecule has 2 nitrogen and oxygen atoms in total. The third-order valence-electron chi connectivity index (χ3n) is 4.62. The second kappa shape index (κ2) is 4.74. The van der Waals surface area contributed by atoms with Crippen molar-refractivity contribution in [1.29, 1.82) is 0 Å². The van der Waals surface area contributed by atoms with Gasteiger partial charge in [-0.1, -0.05) is 36.4 Å². The first-order valence-corrected chi connectivity index (χ1v) is 7.37. The third-order valence-corrected chi connectivity index (χ3v) is 4.62. The molecular formula is C19H18O2. The Morgan fingerprint density at radius 2 is 1.86 bits per heavy atom. The van der Waals surface area contributed by atoms with Crippen LogP contribution in [0.3, 0.4) is 0 Å². The molecule has 4 rings (SSSR count). The van der Waals surface area contributed by atoms with Gasteiger partial charge in [0.2, 0.25) is 0 Å². The van der Waals surface area contributed by atoms with Crippen molar-refractivity contribution >= 4 is 21.5 Å². The Morgan fingerprint density at radius 1 is 1.00 bits per heavy atom. The standard InChI is InChI=1S/C19H18O2/c1-20-16-10-8-13-11-17(21-2)19-14-6-4-3-5-12(14)7-9-15(19)18(13)16/h3-7,9,11,16H,8,10H2,1-2H3. The molecule has 0 fully saturated rings. The van der Waals surface area contributed by atoms with Crippen molar-refractivity contribution in [1.82, 2.24) is 0 Å². The summed E-state index contributed by atoms with van der Waals surface area (Å²) in [6.07, 6.45) is 2.32. The normalized spacial score (nSPS) is 17.3. The molecular weight excluding hydrogens is 260 g/mol. The summed E-state index contributed by atoms with van der Waals surface area (Å²) in [5.74, 6) is 0.970. The summed E-state index contributed by atoms with van der Waals surface area (Å²) in [5, 5.41) is 4.97. The summed E-state index contributed by atoms with van der Waals surface area (Å²) in [7, 11) is 3.56. The number of methoxy groups -OCH3 is 2. The molecule has 0 bridgehead atoms. The molecule has 3 aromatic carbocycles. The SMILES string of the molecule is COc1cc2c(c3ccc4ccccc4c13)C(OC)CC2. The molecule has 0 saturated heterocycles. The average Bonchev–Trinajstić information content (AvgIpc) is 2.96. The van der Waals surface area contributed by atoms with E-state index < -0.39 is 0 Å². The van der Waals surface area contributed by atoms with Gasteiger partial charge in [-0.05, 0) is 46.2 Å². The Hall–Kier alpha value is -2.06. The van der Waals surface area contributed by atoms with Gasteiger partial charge in [0.1, 0.15) is 5.75 Å². The maximum Gasteiger partial charge on any atom is 0.127 e. The van der Waals surface area contributed by atoms with Gasteiger partial charge >= 0.3 is 0 Å². The van der Waals surface area contributed by atoms with Crippen molar-refractivity contribution in [3.05, 3.63) is 53.6 Å². The maximum absolute atomic E-state index is 5.69. The van der Waals surface area contributed by atoms with E-state index in [-0.39, 0.29) is 6.10 Å². The molecule has 106 valence electrons. The van der Waals surface area contributed by atoms with Crippen molar-refractivity contribution in [3.63, 3.8) is 0 Å². The lowest BCUT2D eigenvalue weighted by molar-refractivity contribution is 0.106. The van der Waals surface area contributed by atoms with Gasteiger partial charge in [-0.25, -0.2) is 0 Å². The Balaban J connectivity index is 2.18. The van der Waals surface area contributed by atoms with E-state index in [2.05, 4.69) is 42.5 Å². The van der Waals surface area contributed by atoms with Crippen molar-refractivity contribution < 1.29 is 9.47 Å². The molecule has 0 amide bonds. The second-order valence-electron chi connectivity index (χ2n) is 5.62. The first kappa shape index (κ1) is 12.7. The van der Waals surface area contributed by atoms with E-state index >= 15 is 0 Å². The average molecular weight is 278 g/mol. The minimum absolute atomic E-state index is 0.203. The largest absolute Gasteiger partial charge is 0.496 e. The van der Waals surface area contributed by atoms with Crippen molar-refractivity contribution in [3.8, 4) is 5.75 Å². The highest BCUT2D eigenvalue weighted by Gasteiger charge is 2.26. The van der Waals surface area contributed by atoms with E-state index in [1.807, 2.05) is 0 Å². The van der Waals surface area contributed by atoms with Crippen LogP contribution >= 0.6 is 0 Å². The molecule has 0 radical (unpaired) electrons. The zero-order valence-electron chi connectivity index (χ0n) is 12.3. The molecule has 1 atom stereocenters. The van der Waals surface area contributed by atoms with Crippen LogP contribution in [0.15, 0.2) is 42.5 Å². The Bertz CT molecular complexity index is 836. The summed E-state index contributed by atoms with van der Waals surface area (Å²) < 4.78 is 11.4. The Morgan fingerprint density at radius 3 is 2.67 bits per heavy atom. The van der Waals surface area contributed by atoms with Crippen molar-refractivity contribution in [2.24, 2.45) is 0 Å². The van der Waals surface area contributed by atoms with Gasteiger partial charge in [0.15, 0.2) is 0 Å². The molecule has 2 heteroatoms. The number of benzene rings is 3. The quantitative estimate of drug-likeness (QED) is 0.636. The van der Waals surface area contributed by atoms with Gasteiger partial charge in [-0.2, -0.15) is 0 Å². The number of hydrogen-bond donors (Lipinski definition) is 0. The first-order valence-electron chi connectivity index (χ1n) is 7.37. The van der Waals surface area contributed by atoms with Crippen LogP contribution in [0.2, 0.25) is 0 Å². The number of fused-ring (bicyclic) bond motifs is 5. The highest BCUT2D eigenvalue weighted by molar-refractivity contribution is 6.12. The topological polar surface area (TPSA) is 18.5 Å². The number of ether oxygens (including phenoxy) is 2. The highest BCUT2D eigenvalue weighted by atomic mass is 16.5. The van der Waals surface area contributed by atoms with Crippen LogP contribution in [-0.2, 0) is 11.2 Å². The molecule has 3 aromatic rings. The molecule has 0 N–H and O–H groups in total. The summed E-state index contributed by atoms with van der Waals surface area (Å²) in [6, 6.07) is 15.1. The summed E-state index contributed by atoms with van der Waals surface area (Å²) in [4.78, 5) is 0. The van der Waals surface area contributed by atoms with Gasteiger partial charge in [0, 0.05) is 12.5 Å². The molecule has 0 aliphatic heterocycles. The van der Waals surface area contributed by atoms with E-state index in [1.54, 1.807) is 14.2 Å². The molecule has 0 saturated carbocycles. The fraction of sp³-hybridized carbons (Fsp3) is 0.263. The summed E-state index contributed by atoms with van der Waals surface area (Å²) in [6.45, 7) is 0. The predicted molar refractivity (Wildman–Crippen MR) is 86.1 cm³/mol. The fourth-order valence-electron chi connectivity index (χ4n) is 3.66. The monoisotopic (exact) mass is 278 g/mol. The number of rotatable bonds is 2. The molecule has 1 unspecified atom stereocenters. The molecule has 21 heavy (non-hydrogen) atoms. The smallest absolute Gasteiger partial charge is 0.127 e. The van der Waals surface area contributed by atoms with Gasteiger partial charge in [0.05, 0.1) is 13.2 Å². The lowest BCUT2D eigenvalue weighted by atomic mass is 9.94.